The molecule has 3 atom stereocenters. The van der Waals surface area contributed by atoms with E-state index in [1.54, 1.807) is 0 Å². The molecule has 0 fully saturated rings. The zero-order valence-corrected chi connectivity index (χ0v) is 10.8. The molecule has 1 aliphatic heterocycles. The summed E-state index contributed by atoms with van der Waals surface area (Å²) >= 11 is 0. The summed E-state index contributed by atoms with van der Waals surface area (Å²) in [7, 11) is 0. The fourth-order valence-corrected chi connectivity index (χ4v) is 2.79. The Morgan fingerprint density at radius 2 is 2.19 bits per heavy atom. The summed E-state index contributed by atoms with van der Waals surface area (Å²) in [5.41, 5.74) is 7.35. The molecular weight excluding hydrogens is 198 g/mol. The zero-order chi connectivity index (χ0) is 11.9. The largest absolute Gasteiger partial charge is 0.384 e. The smallest absolute Gasteiger partial charge is 0.127 e. The lowest BCUT2D eigenvalue weighted by molar-refractivity contribution is 0.346. The molecule has 1 aliphatic rings. The lowest BCUT2D eigenvalue weighted by Gasteiger charge is -2.27. The Bertz CT molecular complexity index is 381. The van der Waals surface area contributed by atoms with Crippen molar-refractivity contribution < 1.29 is 0 Å². The van der Waals surface area contributed by atoms with Crippen LogP contribution in [0, 0.1) is 5.92 Å². The van der Waals surface area contributed by atoms with Crippen LogP contribution in [-0.4, -0.2) is 9.55 Å². The quantitative estimate of drug-likeness (QED) is 0.834. The van der Waals surface area contributed by atoms with E-state index in [1.165, 1.54) is 12.2 Å². The highest BCUT2D eigenvalue weighted by Crippen LogP contribution is 2.35. The molecule has 0 amide bonds. The molecule has 0 aliphatic carbocycles. The molecule has 1 aromatic rings. The van der Waals surface area contributed by atoms with Crippen molar-refractivity contribution in [3.63, 3.8) is 0 Å². The molecule has 0 radical (unpaired) electrons. The number of imidazole rings is 1. The van der Waals surface area contributed by atoms with Gasteiger partial charge in [0.05, 0.1) is 5.69 Å². The van der Waals surface area contributed by atoms with Gasteiger partial charge in [-0.05, 0) is 25.7 Å². The van der Waals surface area contributed by atoms with E-state index >= 15 is 0 Å². The monoisotopic (exact) mass is 221 g/mol. The molecule has 16 heavy (non-hydrogen) atoms. The third kappa shape index (κ3) is 1.72. The van der Waals surface area contributed by atoms with Crippen molar-refractivity contribution in [3.8, 4) is 0 Å². The number of rotatable bonds is 2. The standard InChI is InChI=1S/C13H23N3/c1-5-9(3)12-13(14)16-10(4)6-8(2)7-11(16)15-12/h8-10H,5-7,14H2,1-4H3. The van der Waals surface area contributed by atoms with Crippen molar-refractivity contribution >= 4 is 5.82 Å². The van der Waals surface area contributed by atoms with Crippen molar-refractivity contribution in [3.05, 3.63) is 11.5 Å². The molecule has 0 aromatic carbocycles. The van der Waals surface area contributed by atoms with E-state index in [2.05, 4.69) is 32.3 Å². The second-order valence-electron chi connectivity index (χ2n) is 5.37. The highest BCUT2D eigenvalue weighted by molar-refractivity contribution is 5.41. The first-order valence-electron chi connectivity index (χ1n) is 6.41. The number of nitrogen functional groups attached to an aromatic ring is 1. The van der Waals surface area contributed by atoms with E-state index in [0.29, 0.717) is 12.0 Å². The summed E-state index contributed by atoms with van der Waals surface area (Å²) in [6.45, 7) is 8.94. The van der Waals surface area contributed by atoms with Crippen molar-refractivity contribution in [1.82, 2.24) is 9.55 Å². The molecule has 0 spiro atoms. The average molecular weight is 221 g/mol. The Morgan fingerprint density at radius 3 is 2.81 bits per heavy atom. The summed E-state index contributed by atoms with van der Waals surface area (Å²) < 4.78 is 2.25. The van der Waals surface area contributed by atoms with E-state index in [-0.39, 0.29) is 0 Å². The average Bonchev–Trinajstić information content (AvgIpc) is 2.54. The van der Waals surface area contributed by atoms with Gasteiger partial charge in [0.1, 0.15) is 11.6 Å². The van der Waals surface area contributed by atoms with Crippen molar-refractivity contribution in [2.45, 2.75) is 58.9 Å². The maximum atomic E-state index is 6.24. The van der Waals surface area contributed by atoms with Crippen LogP contribution in [0.1, 0.15) is 64.0 Å². The SMILES string of the molecule is CCC(C)c1nc2n(c1N)C(C)CC(C)C2. The van der Waals surface area contributed by atoms with E-state index < -0.39 is 0 Å². The predicted molar refractivity (Wildman–Crippen MR) is 67.5 cm³/mol. The third-order valence-electron chi connectivity index (χ3n) is 3.84. The van der Waals surface area contributed by atoms with E-state index in [9.17, 15) is 0 Å². The molecule has 0 saturated heterocycles. The van der Waals surface area contributed by atoms with Gasteiger partial charge in [0.2, 0.25) is 0 Å². The maximum absolute atomic E-state index is 6.24. The highest BCUT2D eigenvalue weighted by atomic mass is 15.2. The minimum absolute atomic E-state index is 0.473. The van der Waals surface area contributed by atoms with Gasteiger partial charge in [-0.25, -0.2) is 4.98 Å². The summed E-state index contributed by atoms with van der Waals surface area (Å²) in [4.78, 5) is 4.76. The molecule has 2 rings (SSSR count). The van der Waals surface area contributed by atoms with Crippen LogP contribution in [0.15, 0.2) is 0 Å². The first kappa shape index (κ1) is 11.5. The van der Waals surface area contributed by atoms with Crippen LogP contribution in [-0.2, 0) is 6.42 Å². The Kier molecular flexibility index (Phi) is 2.96. The van der Waals surface area contributed by atoms with Crippen LogP contribution in [0.5, 0.6) is 0 Å². The normalized spacial score (nSPS) is 26.5. The molecule has 0 bridgehead atoms. The Hall–Kier alpha value is -0.990. The van der Waals surface area contributed by atoms with E-state index in [0.717, 1.165) is 30.3 Å². The van der Waals surface area contributed by atoms with Gasteiger partial charge >= 0.3 is 0 Å². The Morgan fingerprint density at radius 1 is 1.50 bits per heavy atom. The van der Waals surface area contributed by atoms with Crippen LogP contribution >= 0.6 is 0 Å². The van der Waals surface area contributed by atoms with Crippen molar-refractivity contribution in [2.75, 3.05) is 5.73 Å². The lowest BCUT2D eigenvalue weighted by Crippen LogP contribution is -2.22. The van der Waals surface area contributed by atoms with Gasteiger partial charge in [0.25, 0.3) is 0 Å². The van der Waals surface area contributed by atoms with Crippen LogP contribution in [0.4, 0.5) is 5.82 Å². The number of aromatic nitrogens is 2. The van der Waals surface area contributed by atoms with Gasteiger partial charge in [0.15, 0.2) is 0 Å². The molecule has 2 heterocycles. The van der Waals surface area contributed by atoms with E-state index in [4.69, 9.17) is 10.7 Å². The molecular formula is C13H23N3. The van der Waals surface area contributed by atoms with Gasteiger partial charge < -0.3 is 10.3 Å². The zero-order valence-electron chi connectivity index (χ0n) is 10.8. The fraction of sp³-hybridized carbons (Fsp3) is 0.769. The molecule has 3 unspecified atom stereocenters. The first-order chi connectivity index (χ1) is 7.54. The molecule has 90 valence electrons. The van der Waals surface area contributed by atoms with Crippen molar-refractivity contribution in [2.24, 2.45) is 5.92 Å². The van der Waals surface area contributed by atoms with Gasteiger partial charge in [-0.3, -0.25) is 0 Å². The van der Waals surface area contributed by atoms with Crippen LogP contribution in [0.2, 0.25) is 0 Å². The summed E-state index contributed by atoms with van der Waals surface area (Å²) in [6, 6.07) is 0.504. The number of anilines is 1. The minimum Gasteiger partial charge on any atom is -0.384 e. The topological polar surface area (TPSA) is 43.8 Å². The van der Waals surface area contributed by atoms with Gasteiger partial charge in [-0.1, -0.05) is 20.8 Å². The summed E-state index contributed by atoms with van der Waals surface area (Å²) in [5, 5.41) is 0. The third-order valence-corrected chi connectivity index (χ3v) is 3.84. The minimum atomic E-state index is 0.473. The summed E-state index contributed by atoms with van der Waals surface area (Å²) in [6.07, 6.45) is 3.39. The Labute approximate surface area is 98.1 Å². The predicted octanol–water partition coefficient (Wildman–Crippen LogP) is 3.12. The second-order valence-corrected chi connectivity index (χ2v) is 5.37. The van der Waals surface area contributed by atoms with E-state index in [1.807, 2.05) is 0 Å². The fourth-order valence-electron chi connectivity index (χ4n) is 2.79. The maximum Gasteiger partial charge on any atom is 0.127 e. The van der Waals surface area contributed by atoms with Crippen LogP contribution < -0.4 is 5.73 Å². The van der Waals surface area contributed by atoms with Crippen LogP contribution in [0.3, 0.4) is 0 Å². The Balaban J connectivity index is 2.43. The van der Waals surface area contributed by atoms with Gasteiger partial charge in [0, 0.05) is 18.4 Å². The summed E-state index contributed by atoms with van der Waals surface area (Å²) in [5.74, 6) is 3.30. The molecule has 3 heteroatoms. The van der Waals surface area contributed by atoms with Gasteiger partial charge in [-0.15, -0.1) is 0 Å². The lowest BCUT2D eigenvalue weighted by atomic mass is 9.95. The highest BCUT2D eigenvalue weighted by Gasteiger charge is 2.27. The number of nitrogens with two attached hydrogens (primary N) is 1. The van der Waals surface area contributed by atoms with Crippen molar-refractivity contribution in [1.29, 1.82) is 0 Å². The molecule has 3 nitrogen and oxygen atoms in total. The number of hydrogen-bond acceptors (Lipinski definition) is 2. The molecule has 0 saturated carbocycles. The molecule has 2 N–H and O–H groups in total. The first-order valence-corrected chi connectivity index (χ1v) is 6.41. The second kappa shape index (κ2) is 4.11. The number of fused-ring (bicyclic) bond motifs is 1. The molecule has 1 aromatic heterocycles. The van der Waals surface area contributed by atoms with Gasteiger partial charge in [-0.2, -0.15) is 0 Å². The van der Waals surface area contributed by atoms with Crippen LogP contribution in [0.25, 0.3) is 0 Å². The number of nitrogens with zero attached hydrogens (tertiary/aromatic N) is 2. The number of hydrogen-bond donors (Lipinski definition) is 1.